The van der Waals surface area contributed by atoms with E-state index in [1.165, 1.54) is 0 Å². The largest absolute Gasteiger partial charge is 0.352 e. The van der Waals surface area contributed by atoms with E-state index in [4.69, 9.17) is 5.73 Å². The summed E-state index contributed by atoms with van der Waals surface area (Å²) in [5.41, 5.74) is 5.65. The molecule has 1 saturated heterocycles. The number of primary amides is 1. The second-order valence-corrected chi connectivity index (χ2v) is 8.06. The standard InChI is InChI=1S/C17H27N7O3/c1-11-19-9-12-10-23(16(27)24(11)12)22-7-5-21(6-8-22)14(25)13(17(2,3)4)20-15(18)26/h9,13H,5-8,10H2,1-4H3,(H3,18,20,26)/t13-/m0/s1. The molecule has 2 aliphatic heterocycles. The molecule has 1 aromatic heterocycles. The third-order valence-electron chi connectivity index (χ3n) is 5.04. The molecule has 2 aliphatic rings. The van der Waals surface area contributed by atoms with Crippen molar-refractivity contribution >= 4 is 18.0 Å². The molecule has 0 spiro atoms. The lowest BCUT2D eigenvalue weighted by atomic mass is 9.85. The van der Waals surface area contributed by atoms with Crippen molar-refractivity contribution in [2.24, 2.45) is 11.1 Å². The number of urea groups is 1. The quantitative estimate of drug-likeness (QED) is 0.776. The Hall–Kier alpha value is -2.62. The molecule has 0 unspecified atom stereocenters. The number of amides is 4. The van der Waals surface area contributed by atoms with E-state index in [2.05, 4.69) is 10.3 Å². The van der Waals surface area contributed by atoms with Crippen molar-refractivity contribution in [1.82, 2.24) is 29.8 Å². The lowest BCUT2D eigenvalue weighted by molar-refractivity contribution is -0.139. The monoisotopic (exact) mass is 377 g/mol. The van der Waals surface area contributed by atoms with Crippen molar-refractivity contribution in [3.05, 3.63) is 17.7 Å². The van der Waals surface area contributed by atoms with Gasteiger partial charge in [-0.2, -0.15) is 0 Å². The van der Waals surface area contributed by atoms with Gasteiger partial charge in [0.25, 0.3) is 0 Å². The Kier molecular flexibility index (Phi) is 4.85. The number of carbonyl (C=O) groups excluding carboxylic acids is 3. The Morgan fingerprint density at radius 3 is 2.37 bits per heavy atom. The number of aryl methyl sites for hydroxylation is 1. The molecule has 1 aromatic rings. The van der Waals surface area contributed by atoms with Gasteiger partial charge in [0, 0.05) is 26.2 Å². The van der Waals surface area contributed by atoms with Crippen molar-refractivity contribution in [2.45, 2.75) is 40.3 Å². The third kappa shape index (κ3) is 3.61. The molecule has 27 heavy (non-hydrogen) atoms. The molecule has 10 heteroatoms. The summed E-state index contributed by atoms with van der Waals surface area (Å²) >= 11 is 0. The van der Waals surface area contributed by atoms with Gasteiger partial charge in [0.15, 0.2) is 0 Å². The second kappa shape index (κ2) is 6.84. The van der Waals surface area contributed by atoms with Gasteiger partial charge in [-0.25, -0.2) is 24.1 Å². The normalized spacial score (nSPS) is 19.2. The minimum Gasteiger partial charge on any atom is -0.352 e. The van der Waals surface area contributed by atoms with Gasteiger partial charge >= 0.3 is 12.1 Å². The van der Waals surface area contributed by atoms with E-state index in [0.717, 1.165) is 5.69 Å². The summed E-state index contributed by atoms with van der Waals surface area (Å²) in [5.74, 6) is 0.525. The summed E-state index contributed by atoms with van der Waals surface area (Å²) in [5, 5.41) is 6.23. The van der Waals surface area contributed by atoms with Crippen molar-refractivity contribution in [3.63, 3.8) is 0 Å². The Morgan fingerprint density at radius 1 is 1.22 bits per heavy atom. The predicted octanol–water partition coefficient (Wildman–Crippen LogP) is 0.117. The van der Waals surface area contributed by atoms with Crippen molar-refractivity contribution in [1.29, 1.82) is 0 Å². The third-order valence-corrected chi connectivity index (χ3v) is 5.04. The number of piperazine rings is 1. The van der Waals surface area contributed by atoms with E-state index in [9.17, 15) is 14.4 Å². The van der Waals surface area contributed by atoms with Crippen LogP contribution in [0.2, 0.25) is 0 Å². The van der Waals surface area contributed by atoms with E-state index in [0.29, 0.717) is 38.5 Å². The summed E-state index contributed by atoms with van der Waals surface area (Å²) in [4.78, 5) is 42.7. The van der Waals surface area contributed by atoms with E-state index in [1.807, 2.05) is 25.8 Å². The number of nitrogens with one attached hydrogen (secondary N) is 1. The number of carbonyl (C=O) groups is 3. The molecule has 1 atom stereocenters. The first-order chi connectivity index (χ1) is 12.6. The molecule has 3 heterocycles. The van der Waals surface area contributed by atoms with Crippen LogP contribution in [-0.4, -0.2) is 74.7 Å². The van der Waals surface area contributed by atoms with Crippen LogP contribution in [0.1, 0.15) is 32.3 Å². The van der Waals surface area contributed by atoms with Crippen LogP contribution in [0, 0.1) is 12.3 Å². The summed E-state index contributed by atoms with van der Waals surface area (Å²) in [6.45, 7) is 9.98. The van der Waals surface area contributed by atoms with Crippen molar-refractivity contribution in [3.8, 4) is 0 Å². The van der Waals surface area contributed by atoms with Gasteiger partial charge in [-0.05, 0) is 12.3 Å². The first-order valence-corrected chi connectivity index (χ1v) is 9.04. The molecule has 0 radical (unpaired) electrons. The minimum absolute atomic E-state index is 0.109. The molecule has 0 aliphatic carbocycles. The number of fused-ring (bicyclic) bond motifs is 1. The molecule has 0 bridgehead atoms. The molecular weight excluding hydrogens is 350 g/mol. The maximum atomic E-state index is 12.9. The van der Waals surface area contributed by atoms with Gasteiger partial charge in [0.2, 0.25) is 5.91 Å². The molecule has 10 nitrogen and oxygen atoms in total. The van der Waals surface area contributed by atoms with Crippen LogP contribution in [0.5, 0.6) is 0 Å². The smallest absolute Gasteiger partial charge is 0.344 e. The van der Waals surface area contributed by atoms with E-state index < -0.39 is 17.5 Å². The molecule has 1 fully saturated rings. The number of hydrogen-bond acceptors (Lipinski definition) is 5. The fraction of sp³-hybridized carbons (Fsp3) is 0.647. The summed E-state index contributed by atoms with van der Waals surface area (Å²) in [7, 11) is 0. The van der Waals surface area contributed by atoms with E-state index >= 15 is 0 Å². The number of nitrogens with two attached hydrogens (primary N) is 1. The number of imidazole rings is 1. The molecule has 0 saturated carbocycles. The summed E-state index contributed by atoms with van der Waals surface area (Å²) in [6, 6.07) is -1.51. The predicted molar refractivity (Wildman–Crippen MR) is 97.4 cm³/mol. The zero-order valence-electron chi connectivity index (χ0n) is 16.2. The molecule has 3 N–H and O–H groups in total. The molecule has 3 rings (SSSR count). The SMILES string of the molecule is Cc1ncc2n1C(=O)N(N1CCN(C(=O)[C@H](NC(N)=O)C(C)(C)C)CC1)C2. The zero-order valence-corrected chi connectivity index (χ0v) is 16.2. The first-order valence-electron chi connectivity index (χ1n) is 9.04. The average Bonchev–Trinajstić information content (AvgIpc) is 3.12. The fourth-order valence-electron chi connectivity index (χ4n) is 3.55. The molecule has 148 valence electrons. The highest BCUT2D eigenvalue weighted by Gasteiger charge is 2.39. The van der Waals surface area contributed by atoms with Crippen LogP contribution in [0.4, 0.5) is 9.59 Å². The summed E-state index contributed by atoms with van der Waals surface area (Å²) in [6.07, 6.45) is 1.72. The minimum atomic E-state index is -0.713. The van der Waals surface area contributed by atoms with Gasteiger partial charge < -0.3 is 16.0 Å². The van der Waals surface area contributed by atoms with E-state index in [-0.39, 0.29) is 11.9 Å². The molecule has 4 amide bonds. The Balaban J connectivity index is 1.63. The van der Waals surface area contributed by atoms with Crippen molar-refractivity contribution in [2.75, 3.05) is 26.2 Å². The van der Waals surface area contributed by atoms with Gasteiger partial charge in [-0.15, -0.1) is 0 Å². The Labute approximate surface area is 158 Å². The number of aromatic nitrogens is 2. The number of nitrogens with zero attached hydrogens (tertiary/aromatic N) is 5. The lowest BCUT2D eigenvalue weighted by Gasteiger charge is -2.41. The van der Waals surface area contributed by atoms with Crippen LogP contribution in [0.15, 0.2) is 6.20 Å². The number of rotatable bonds is 3. The van der Waals surface area contributed by atoms with Gasteiger partial charge in [-0.3, -0.25) is 9.80 Å². The van der Waals surface area contributed by atoms with Crippen LogP contribution < -0.4 is 11.1 Å². The van der Waals surface area contributed by atoms with Gasteiger partial charge in [0.1, 0.15) is 11.9 Å². The van der Waals surface area contributed by atoms with Crippen LogP contribution in [0.3, 0.4) is 0 Å². The summed E-state index contributed by atoms with van der Waals surface area (Å²) < 4.78 is 1.62. The van der Waals surface area contributed by atoms with Gasteiger partial charge in [-0.1, -0.05) is 20.8 Å². The Morgan fingerprint density at radius 2 is 1.85 bits per heavy atom. The second-order valence-electron chi connectivity index (χ2n) is 8.06. The van der Waals surface area contributed by atoms with Crippen LogP contribution in [0.25, 0.3) is 0 Å². The van der Waals surface area contributed by atoms with E-state index in [1.54, 1.807) is 27.6 Å². The number of hydrazine groups is 1. The lowest BCUT2D eigenvalue weighted by Crippen LogP contribution is -2.61. The first kappa shape index (κ1) is 19.2. The Bertz CT molecular complexity index is 759. The van der Waals surface area contributed by atoms with Crippen LogP contribution >= 0.6 is 0 Å². The fourth-order valence-corrected chi connectivity index (χ4v) is 3.55. The maximum Gasteiger partial charge on any atom is 0.344 e. The zero-order chi connectivity index (χ0) is 19.9. The van der Waals surface area contributed by atoms with Gasteiger partial charge in [0.05, 0.1) is 18.4 Å². The van der Waals surface area contributed by atoms with Crippen molar-refractivity contribution < 1.29 is 14.4 Å². The topological polar surface area (TPSA) is 117 Å². The van der Waals surface area contributed by atoms with Crippen LogP contribution in [-0.2, 0) is 11.3 Å². The molecule has 0 aromatic carbocycles. The highest BCUT2D eigenvalue weighted by Crippen LogP contribution is 2.24. The highest BCUT2D eigenvalue weighted by atomic mass is 16.2. The number of hydrogen-bond donors (Lipinski definition) is 2. The molecular formula is C17H27N7O3. The highest BCUT2D eigenvalue weighted by molar-refractivity contribution is 5.87. The maximum absolute atomic E-state index is 12.9. The average molecular weight is 377 g/mol.